The maximum atomic E-state index is 13.3. The van der Waals surface area contributed by atoms with Crippen LogP contribution in [0.3, 0.4) is 0 Å². The Balaban J connectivity index is 3.12. The highest BCUT2D eigenvalue weighted by Gasteiger charge is 2.30. The van der Waals surface area contributed by atoms with Gasteiger partial charge in [0.1, 0.15) is 23.9 Å². The van der Waals surface area contributed by atoms with Gasteiger partial charge in [-0.25, -0.2) is 4.79 Å². The van der Waals surface area contributed by atoms with E-state index in [2.05, 4.69) is 16.0 Å². The van der Waals surface area contributed by atoms with Crippen molar-refractivity contribution in [3.05, 3.63) is 29.8 Å². The summed E-state index contributed by atoms with van der Waals surface area (Å²) in [5.74, 6) is -3.59. The second-order valence-electron chi connectivity index (χ2n) is 9.08. The number of nitrogens with one attached hydrogen (secondary N) is 3. The van der Waals surface area contributed by atoms with Crippen molar-refractivity contribution in [2.75, 3.05) is 12.0 Å². The molecule has 4 unspecified atom stereocenters. The molecule has 0 aromatic heterocycles. The van der Waals surface area contributed by atoms with E-state index in [1.165, 1.54) is 23.9 Å². The molecular formula is C24H37N5O7S. The third-order valence-corrected chi connectivity index (χ3v) is 5.98. The van der Waals surface area contributed by atoms with Gasteiger partial charge in [-0.05, 0) is 48.5 Å². The summed E-state index contributed by atoms with van der Waals surface area (Å²) in [6.07, 6.45) is 1.81. The first-order valence-electron chi connectivity index (χ1n) is 11.8. The number of hydrogen-bond donors (Lipinski definition) is 7. The van der Waals surface area contributed by atoms with Crippen molar-refractivity contribution >= 4 is 41.4 Å². The van der Waals surface area contributed by atoms with Crippen LogP contribution in [0.4, 0.5) is 0 Å². The molecule has 1 aromatic carbocycles. The second kappa shape index (κ2) is 15.7. The second-order valence-corrected chi connectivity index (χ2v) is 10.1. The largest absolute Gasteiger partial charge is 0.508 e. The Morgan fingerprint density at radius 2 is 1.46 bits per heavy atom. The summed E-state index contributed by atoms with van der Waals surface area (Å²) in [5.41, 5.74) is 11.4. The molecule has 13 heteroatoms. The summed E-state index contributed by atoms with van der Waals surface area (Å²) in [6.45, 7) is 3.66. The topological polar surface area (TPSA) is 214 Å². The molecule has 4 atom stereocenters. The molecule has 1 aromatic rings. The molecule has 0 aliphatic heterocycles. The van der Waals surface area contributed by atoms with Crippen LogP contribution in [0.1, 0.15) is 38.7 Å². The van der Waals surface area contributed by atoms with Crippen molar-refractivity contribution in [2.45, 2.75) is 63.7 Å². The van der Waals surface area contributed by atoms with Crippen molar-refractivity contribution in [3.8, 4) is 5.75 Å². The van der Waals surface area contributed by atoms with E-state index in [1.807, 2.05) is 20.1 Å². The average Bonchev–Trinajstić information content (AvgIpc) is 2.81. The summed E-state index contributed by atoms with van der Waals surface area (Å²) in [5, 5.41) is 26.6. The summed E-state index contributed by atoms with van der Waals surface area (Å²) in [7, 11) is 0. The smallest absolute Gasteiger partial charge is 0.326 e. The maximum Gasteiger partial charge on any atom is 0.326 e. The molecule has 0 aliphatic carbocycles. The zero-order valence-electron chi connectivity index (χ0n) is 21.2. The first kappa shape index (κ1) is 31.7. The fourth-order valence-corrected chi connectivity index (χ4v) is 3.88. The molecule has 12 nitrogen and oxygen atoms in total. The van der Waals surface area contributed by atoms with E-state index in [1.54, 1.807) is 12.1 Å². The zero-order chi connectivity index (χ0) is 28.1. The molecule has 206 valence electrons. The van der Waals surface area contributed by atoms with Gasteiger partial charge in [0, 0.05) is 6.42 Å². The molecule has 0 fully saturated rings. The minimum absolute atomic E-state index is 0.00940. The van der Waals surface area contributed by atoms with Crippen LogP contribution in [0.15, 0.2) is 24.3 Å². The van der Waals surface area contributed by atoms with Crippen LogP contribution in [0.2, 0.25) is 0 Å². The lowest BCUT2D eigenvalue weighted by Crippen LogP contribution is -2.58. The van der Waals surface area contributed by atoms with Gasteiger partial charge in [0.25, 0.3) is 0 Å². The van der Waals surface area contributed by atoms with Crippen LogP contribution in [-0.4, -0.2) is 76.0 Å². The van der Waals surface area contributed by atoms with E-state index in [0.717, 1.165) is 0 Å². The van der Waals surface area contributed by atoms with Crippen LogP contribution in [-0.2, 0) is 30.4 Å². The van der Waals surface area contributed by atoms with Crippen molar-refractivity contribution in [1.82, 2.24) is 16.0 Å². The molecule has 0 bridgehead atoms. The van der Waals surface area contributed by atoms with E-state index in [0.29, 0.717) is 11.3 Å². The van der Waals surface area contributed by atoms with Crippen molar-refractivity contribution in [2.24, 2.45) is 17.4 Å². The SMILES string of the molecule is CSCCC(NC(=O)C(Cc1ccc(O)cc1)NC(=O)C(N)CC(N)=O)C(=O)NC(CC(C)C)C(=O)O. The quantitative estimate of drug-likeness (QED) is 0.144. The Kier molecular flexibility index (Phi) is 13.5. The van der Waals surface area contributed by atoms with Gasteiger partial charge in [-0.3, -0.25) is 19.2 Å². The summed E-state index contributed by atoms with van der Waals surface area (Å²) in [4.78, 5) is 61.5. The highest BCUT2D eigenvalue weighted by atomic mass is 32.2. The van der Waals surface area contributed by atoms with Gasteiger partial charge in [-0.1, -0.05) is 26.0 Å². The molecule has 1 rings (SSSR count). The third kappa shape index (κ3) is 12.0. The minimum atomic E-state index is -1.28. The molecule has 0 radical (unpaired) electrons. The Labute approximate surface area is 220 Å². The van der Waals surface area contributed by atoms with Crippen LogP contribution < -0.4 is 27.4 Å². The normalized spacial score (nSPS) is 14.2. The lowest BCUT2D eigenvalue weighted by molar-refractivity contribution is -0.142. The fourth-order valence-electron chi connectivity index (χ4n) is 3.41. The lowest BCUT2D eigenvalue weighted by atomic mass is 10.0. The average molecular weight is 540 g/mol. The fraction of sp³-hybridized carbons (Fsp3) is 0.542. The minimum Gasteiger partial charge on any atom is -0.508 e. The van der Waals surface area contributed by atoms with Gasteiger partial charge < -0.3 is 37.6 Å². The number of phenolic OH excluding ortho intramolecular Hbond substituents is 1. The van der Waals surface area contributed by atoms with Crippen LogP contribution >= 0.6 is 11.8 Å². The third-order valence-electron chi connectivity index (χ3n) is 5.33. The first-order valence-corrected chi connectivity index (χ1v) is 13.2. The number of carbonyl (C=O) groups excluding carboxylic acids is 4. The number of aromatic hydroxyl groups is 1. The number of rotatable bonds is 16. The standard InChI is InChI=1S/C24H37N5O7S/c1-13(2)10-19(24(35)36)29-22(33)17(8-9-37-3)27-23(34)18(11-14-4-6-15(30)7-5-14)28-21(32)16(25)12-20(26)31/h4-7,13,16-19,30H,8-12,25H2,1-3H3,(H2,26,31)(H,27,34)(H,28,32)(H,29,33)(H,35,36). The number of nitrogens with two attached hydrogens (primary N) is 2. The number of amides is 4. The molecule has 0 saturated heterocycles. The van der Waals surface area contributed by atoms with Gasteiger partial charge in [-0.2, -0.15) is 11.8 Å². The summed E-state index contributed by atoms with van der Waals surface area (Å²) in [6, 6.07) is 1.30. The molecular weight excluding hydrogens is 502 g/mol. The number of carbonyl (C=O) groups is 5. The highest BCUT2D eigenvalue weighted by Crippen LogP contribution is 2.13. The Morgan fingerprint density at radius 1 is 0.919 bits per heavy atom. The molecule has 0 aliphatic rings. The summed E-state index contributed by atoms with van der Waals surface area (Å²) < 4.78 is 0. The Bertz CT molecular complexity index is 942. The number of hydrogen-bond acceptors (Lipinski definition) is 8. The van der Waals surface area contributed by atoms with Gasteiger partial charge in [0.05, 0.1) is 12.5 Å². The molecule has 9 N–H and O–H groups in total. The van der Waals surface area contributed by atoms with E-state index in [4.69, 9.17) is 11.5 Å². The maximum absolute atomic E-state index is 13.3. The molecule has 0 spiro atoms. The molecule has 0 heterocycles. The van der Waals surface area contributed by atoms with Crippen molar-refractivity contribution in [1.29, 1.82) is 0 Å². The van der Waals surface area contributed by atoms with Gasteiger partial charge >= 0.3 is 5.97 Å². The number of thioether (sulfide) groups is 1. The van der Waals surface area contributed by atoms with Crippen LogP contribution in [0, 0.1) is 5.92 Å². The first-order chi connectivity index (χ1) is 17.3. The summed E-state index contributed by atoms with van der Waals surface area (Å²) >= 11 is 1.44. The molecule has 0 saturated carbocycles. The van der Waals surface area contributed by atoms with Gasteiger partial charge in [0.15, 0.2) is 0 Å². The lowest BCUT2D eigenvalue weighted by Gasteiger charge is -2.25. The number of carboxylic acid groups (broad SMARTS) is 1. The predicted octanol–water partition coefficient (Wildman–Crippen LogP) is -0.524. The zero-order valence-corrected chi connectivity index (χ0v) is 22.0. The van der Waals surface area contributed by atoms with E-state index >= 15 is 0 Å². The van der Waals surface area contributed by atoms with Gasteiger partial charge in [-0.15, -0.1) is 0 Å². The predicted molar refractivity (Wildman–Crippen MR) is 139 cm³/mol. The number of benzene rings is 1. The van der Waals surface area contributed by atoms with Crippen molar-refractivity contribution in [3.63, 3.8) is 0 Å². The monoisotopic (exact) mass is 539 g/mol. The van der Waals surface area contributed by atoms with E-state index < -0.39 is 60.2 Å². The highest BCUT2D eigenvalue weighted by molar-refractivity contribution is 7.98. The molecule has 37 heavy (non-hydrogen) atoms. The number of aliphatic carboxylic acids is 1. The Morgan fingerprint density at radius 3 is 1.97 bits per heavy atom. The number of carboxylic acids is 1. The van der Waals surface area contributed by atoms with E-state index in [9.17, 15) is 34.2 Å². The number of phenols is 1. The van der Waals surface area contributed by atoms with E-state index in [-0.39, 0.29) is 30.9 Å². The van der Waals surface area contributed by atoms with Gasteiger partial charge in [0.2, 0.25) is 23.6 Å². The van der Waals surface area contributed by atoms with Crippen molar-refractivity contribution < 1.29 is 34.2 Å². The Hall–Kier alpha value is -3.32. The number of primary amides is 1. The van der Waals surface area contributed by atoms with Crippen LogP contribution in [0.5, 0.6) is 5.75 Å². The molecule has 4 amide bonds. The van der Waals surface area contributed by atoms with Crippen LogP contribution in [0.25, 0.3) is 0 Å².